The van der Waals surface area contributed by atoms with E-state index in [1.807, 2.05) is 0 Å². The fourth-order valence-corrected chi connectivity index (χ4v) is 6.09. The molecular formula is C17H24N2. The van der Waals surface area contributed by atoms with Crippen LogP contribution >= 0.6 is 0 Å². The Morgan fingerprint density at radius 3 is 2.32 bits per heavy atom. The van der Waals surface area contributed by atoms with E-state index in [2.05, 4.69) is 10.8 Å². The minimum absolute atomic E-state index is 0.499. The molecule has 4 aliphatic carbocycles. The Morgan fingerprint density at radius 2 is 1.68 bits per heavy atom. The summed E-state index contributed by atoms with van der Waals surface area (Å²) in [6, 6.07) is 0. The van der Waals surface area contributed by atoms with E-state index in [0.29, 0.717) is 5.41 Å². The standard InChI is InChI=1S/C17H24N2/c1-2-4-19-11-15(18-16(19)3-1)17-8-12-5-13(9-17)7-14(6-12)10-17/h11-14H,1-10H2. The van der Waals surface area contributed by atoms with Crippen LogP contribution in [0.5, 0.6) is 0 Å². The van der Waals surface area contributed by atoms with Gasteiger partial charge in [0.1, 0.15) is 5.82 Å². The minimum Gasteiger partial charge on any atom is -0.335 e. The molecule has 19 heavy (non-hydrogen) atoms. The molecule has 0 saturated heterocycles. The van der Waals surface area contributed by atoms with Crippen molar-refractivity contribution in [1.29, 1.82) is 0 Å². The third-order valence-electron chi connectivity index (χ3n) is 6.49. The third kappa shape index (κ3) is 1.52. The lowest BCUT2D eigenvalue weighted by molar-refractivity contribution is -0.00709. The predicted octanol–water partition coefficient (Wildman–Crippen LogP) is 3.69. The van der Waals surface area contributed by atoms with Crippen molar-refractivity contribution < 1.29 is 0 Å². The average molecular weight is 256 g/mol. The monoisotopic (exact) mass is 256 g/mol. The van der Waals surface area contributed by atoms with Crippen LogP contribution in [0.2, 0.25) is 0 Å². The zero-order valence-corrected chi connectivity index (χ0v) is 11.8. The van der Waals surface area contributed by atoms with Crippen LogP contribution in [-0.4, -0.2) is 9.55 Å². The molecule has 0 unspecified atom stereocenters. The summed E-state index contributed by atoms with van der Waals surface area (Å²) in [6.07, 6.45) is 15.3. The Hall–Kier alpha value is -0.790. The van der Waals surface area contributed by atoms with Crippen LogP contribution < -0.4 is 0 Å². The molecule has 6 rings (SSSR count). The Morgan fingerprint density at radius 1 is 1.00 bits per heavy atom. The molecule has 5 aliphatic rings. The molecule has 4 bridgehead atoms. The molecule has 0 spiro atoms. The van der Waals surface area contributed by atoms with Crippen molar-refractivity contribution in [3.63, 3.8) is 0 Å². The molecule has 1 aliphatic heterocycles. The molecule has 2 nitrogen and oxygen atoms in total. The Labute approximate surface area is 115 Å². The number of rotatable bonds is 1. The van der Waals surface area contributed by atoms with Crippen molar-refractivity contribution >= 4 is 0 Å². The molecule has 1 aromatic heterocycles. The summed E-state index contributed by atoms with van der Waals surface area (Å²) in [5.74, 6) is 4.48. The van der Waals surface area contributed by atoms with Gasteiger partial charge in [0, 0.05) is 24.6 Å². The largest absolute Gasteiger partial charge is 0.335 e. The van der Waals surface area contributed by atoms with Crippen molar-refractivity contribution in [3.05, 3.63) is 17.7 Å². The normalized spacial score (nSPS) is 43.5. The molecule has 0 radical (unpaired) electrons. The number of imidazole rings is 1. The van der Waals surface area contributed by atoms with Gasteiger partial charge < -0.3 is 4.57 Å². The number of aromatic nitrogens is 2. The Balaban J connectivity index is 1.56. The first-order chi connectivity index (χ1) is 9.31. The molecule has 4 fully saturated rings. The smallest absolute Gasteiger partial charge is 0.108 e. The lowest BCUT2D eigenvalue weighted by atomic mass is 9.49. The zero-order valence-electron chi connectivity index (χ0n) is 11.8. The van der Waals surface area contributed by atoms with Gasteiger partial charge >= 0.3 is 0 Å². The number of aryl methyl sites for hydroxylation is 2. The second-order valence-electron chi connectivity index (χ2n) is 7.89. The van der Waals surface area contributed by atoms with E-state index in [1.165, 1.54) is 75.9 Å². The van der Waals surface area contributed by atoms with Gasteiger partial charge in [-0.15, -0.1) is 0 Å². The lowest BCUT2D eigenvalue weighted by Gasteiger charge is -2.56. The predicted molar refractivity (Wildman–Crippen MR) is 75.0 cm³/mol. The van der Waals surface area contributed by atoms with Crippen molar-refractivity contribution in [2.45, 2.75) is 69.7 Å². The van der Waals surface area contributed by atoms with Gasteiger partial charge in [-0.2, -0.15) is 0 Å². The lowest BCUT2D eigenvalue weighted by Crippen LogP contribution is -2.48. The number of hydrogen-bond acceptors (Lipinski definition) is 1. The molecule has 0 amide bonds. The van der Waals surface area contributed by atoms with E-state index in [-0.39, 0.29) is 0 Å². The number of fused-ring (bicyclic) bond motifs is 1. The van der Waals surface area contributed by atoms with E-state index in [4.69, 9.17) is 4.98 Å². The maximum absolute atomic E-state index is 5.10. The van der Waals surface area contributed by atoms with Gasteiger partial charge in [-0.1, -0.05) is 0 Å². The van der Waals surface area contributed by atoms with Gasteiger partial charge in [-0.3, -0.25) is 0 Å². The molecule has 0 aromatic carbocycles. The van der Waals surface area contributed by atoms with E-state index < -0.39 is 0 Å². The molecule has 2 heteroatoms. The summed E-state index contributed by atoms with van der Waals surface area (Å²) in [7, 11) is 0. The zero-order chi connectivity index (χ0) is 12.4. The first kappa shape index (κ1) is 10.9. The van der Waals surface area contributed by atoms with Gasteiger partial charge in [-0.05, 0) is 69.1 Å². The quantitative estimate of drug-likeness (QED) is 0.749. The third-order valence-corrected chi connectivity index (χ3v) is 6.49. The molecule has 0 atom stereocenters. The molecule has 102 valence electrons. The van der Waals surface area contributed by atoms with E-state index in [1.54, 1.807) is 0 Å². The summed E-state index contributed by atoms with van der Waals surface area (Å²) < 4.78 is 2.47. The van der Waals surface area contributed by atoms with Crippen LogP contribution in [-0.2, 0) is 18.4 Å². The summed E-state index contributed by atoms with van der Waals surface area (Å²) in [6.45, 7) is 1.22. The van der Waals surface area contributed by atoms with Crippen LogP contribution in [0.25, 0.3) is 0 Å². The maximum atomic E-state index is 5.10. The molecular weight excluding hydrogens is 232 g/mol. The van der Waals surface area contributed by atoms with Gasteiger partial charge in [-0.25, -0.2) is 4.98 Å². The van der Waals surface area contributed by atoms with Gasteiger partial charge in [0.25, 0.3) is 0 Å². The highest BCUT2D eigenvalue weighted by Crippen LogP contribution is 2.60. The van der Waals surface area contributed by atoms with Crippen molar-refractivity contribution in [3.8, 4) is 0 Å². The summed E-state index contributed by atoms with van der Waals surface area (Å²) in [5.41, 5.74) is 1.99. The van der Waals surface area contributed by atoms with Crippen LogP contribution in [0.4, 0.5) is 0 Å². The summed E-state index contributed by atoms with van der Waals surface area (Å²) in [5, 5.41) is 0. The second kappa shape index (κ2) is 3.65. The van der Waals surface area contributed by atoms with Gasteiger partial charge in [0.2, 0.25) is 0 Å². The summed E-state index contributed by atoms with van der Waals surface area (Å²) >= 11 is 0. The van der Waals surface area contributed by atoms with Crippen LogP contribution in [0.15, 0.2) is 6.20 Å². The van der Waals surface area contributed by atoms with E-state index >= 15 is 0 Å². The highest BCUT2D eigenvalue weighted by atomic mass is 15.1. The highest BCUT2D eigenvalue weighted by Gasteiger charge is 2.52. The SMILES string of the molecule is c1c(C23CC4CC(CC(C4)C2)C3)nc2n1CCCC2. The van der Waals surface area contributed by atoms with Crippen LogP contribution in [0, 0.1) is 17.8 Å². The minimum atomic E-state index is 0.499. The summed E-state index contributed by atoms with van der Waals surface area (Å²) in [4.78, 5) is 5.10. The maximum Gasteiger partial charge on any atom is 0.108 e. The van der Waals surface area contributed by atoms with E-state index in [9.17, 15) is 0 Å². The van der Waals surface area contributed by atoms with Crippen molar-refractivity contribution in [1.82, 2.24) is 9.55 Å². The number of nitrogens with zero attached hydrogens (tertiary/aromatic N) is 2. The van der Waals surface area contributed by atoms with Crippen molar-refractivity contribution in [2.24, 2.45) is 17.8 Å². The average Bonchev–Trinajstić information content (AvgIpc) is 2.81. The fraction of sp³-hybridized carbons (Fsp3) is 0.824. The second-order valence-corrected chi connectivity index (χ2v) is 7.89. The molecule has 2 heterocycles. The van der Waals surface area contributed by atoms with Crippen LogP contribution in [0.3, 0.4) is 0 Å². The molecule has 4 saturated carbocycles. The van der Waals surface area contributed by atoms with Crippen LogP contribution in [0.1, 0.15) is 62.9 Å². The highest BCUT2D eigenvalue weighted by molar-refractivity contribution is 5.23. The fourth-order valence-electron chi connectivity index (χ4n) is 6.09. The molecule has 1 aromatic rings. The first-order valence-corrected chi connectivity index (χ1v) is 8.37. The van der Waals surface area contributed by atoms with E-state index in [0.717, 1.165) is 17.8 Å². The van der Waals surface area contributed by atoms with Gasteiger partial charge in [0.15, 0.2) is 0 Å². The first-order valence-electron chi connectivity index (χ1n) is 8.37. The Kier molecular flexibility index (Phi) is 2.10. The topological polar surface area (TPSA) is 17.8 Å². The van der Waals surface area contributed by atoms with Gasteiger partial charge in [0.05, 0.1) is 5.69 Å². The Bertz CT molecular complexity index is 455. The number of hydrogen-bond donors (Lipinski definition) is 0. The molecule has 0 N–H and O–H groups in total. The van der Waals surface area contributed by atoms with Crippen molar-refractivity contribution in [2.75, 3.05) is 0 Å².